The van der Waals surface area contributed by atoms with Crippen LogP contribution in [-0.2, 0) is 11.2 Å². The van der Waals surface area contributed by atoms with Gasteiger partial charge in [-0.1, -0.05) is 24.5 Å². The van der Waals surface area contributed by atoms with E-state index in [4.69, 9.17) is 5.11 Å². The summed E-state index contributed by atoms with van der Waals surface area (Å²) in [4.78, 5) is 10.4. The molecule has 1 aromatic heterocycles. The molecule has 100 valence electrons. The van der Waals surface area contributed by atoms with E-state index in [1.54, 1.807) is 0 Å². The lowest BCUT2D eigenvalue weighted by atomic mass is 9.96. The van der Waals surface area contributed by atoms with Crippen LogP contribution in [0.4, 0.5) is 0 Å². The van der Waals surface area contributed by atoms with Crippen molar-refractivity contribution < 1.29 is 9.90 Å². The van der Waals surface area contributed by atoms with Gasteiger partial charge in [-0.3, -0.25) is 4.79 Å². The van der Waals surface area contributed by atoms with Crippen LogP contribution >= 0.6 is 0 Å². The normalized spacial score (nSPS) is 16.9. The molecule has 0 aliphatic heterocycles. The molecule has 1 aliphatic carbocycles. The Labute approximate surface area is 107 Å². The van der Waals surface area contributed by atoms with Gasteiger partial charge in [-0.2, -0.15) is 0 Å². The predicted octanol–water partition coefficient (Wildman–Crippen LogP) is 2.58. The number of aromatic nitrogens is 3. The van der Waals surface area contributed by atoms with Crippen molar-refractivity contribution >= 4 is 5.97 Å². The number of nitrogens with zero attached hydrogens (tertiary/aromatic N) is 3. The maximum Gasteiger partial charge on any atom is 0.303 e. The van der Waals surface area contributed by atoms with Gasteiger partial charge in [0.05, 0.1) is 11.7 Å². The molecule has 1 fully saturated rings. The van der Waals surface area contributed by atoms with Gasteiger partial charge < -0.3 is 5.11 Å². The van der Waals surface area contributed by atoms with Crippen LogP contribution < -0.4 is 0 Å². The van der Waals surface area contributed by atoms with Crippen LogP contribution in [0.25, 0.3) is 0 Å². The highest BCUT2D eigenvalue weighted by molar-refractivity contribution is 5.66. The molecule has 5 heteroatoms. The number of aryl methyl sites for hydroxylation is 1. The van der Waals surface area contributed by atoms with Gasteiger partial charge in [0, 0.05) is 12.6 Å². The highest BCUT2D eigenvalue weighted by Crippen LogP contribution is 2.27. The summed E-state index contributed by atoms with van der Waals surface area (Å²) in [5.74, 6) is -0.721. The Bertz CT molecular complexity index is 383. The van der Waals surface area contributed by atoms with Crippen molar-refractivity contribution in [1.82, 2.24) is 15.0 Å². The molecular formula is C13H21N3O2. The Morgan fingerprint density at radius 2 is 2.11 bits per heavy atom. The van der Waals surface area contributed by atoms with E-state index < -0.39 is 5.97 Å². The molecular weight excluding hydrogens is 230 g/mol. The van der Waals surface area contributed by atoms with Crippen molar-refractivity contribution in [2.45, 2.75) is 63.8 Å². The van der Waals surface area contributed by atoms with Crippen LogP contribution in [0, 0.1) is 0 Å². The van der Waals surface area contributed by atoms with Crippen LogP contribution in [0.15, 0.2) is 6.20 Å². The maximum atomic E-state index is 10.4. The summed E-state index contributed by atoms with van der Waals surface area (Å²) in [5, 5.41) is 16.9. The Balaban J connectivity index is 1.76. The van der Waals surface area contributed by atoms with Crippen LogP contribution in [0.1, 0.15) is 63.1 Å². The molecule has 1 heterocycles. The monoisotopic (exact) mass is 251 g/mol. The molecule has 1 saturated carbocycles. The molecule has 1 aliphatic rings. The van der Waals surface area contributed by atoms with Crippen LogP contribution in [0.5, 0.6) is 0 Å². The molecule has 1 N–H and O–H groups in total. The van der Waals surface area contributed by atoms with Crippen molar-refractivity contribution in [2.75, 3.05) is 0 Å². The average molecular weight is 251 g/mol. The number of hydrogen-bond acceptors (Lipinski definition) is 3. The number of carbonyl (C=O) groups is 1. The number of unbranched alkanes of at least 4 members (excludes halogenated alkanes) is 1. The molecule has 2 rings (SSSR count). The fraction of sp³-hybridized carbons (Fsp3) is 0.769. The smallest absolute Gasteiger partial charge is 0.303 e. The van der Waals surface area contributed by atoms with Crippen LogP contribution in [0.2, 0.25) is 0 Å². The molecule has 1 aromatic rings. The minimum Gasteiger partial charge on any atom is -0.481 e. The van der Waals surface area contributed by atoms with Gasteiger partial charge in [0.15, 0.2) is 0 Å². The maximum absolute atomic E-state index is 10.4. The first-order valence-corrected chi connectivity index (χ1v) is 6.88. The Morgan fingerprint density at radius 1 is 1.33 bits per heavy atom. The molecule has 0 saturated heterocycles. The fourth-order valence-corrected chi connectivity index (χ4v) is 2.53. The summed E-state index contributed by atoms with van der Waals surface area (Å²) in [6.07, 6.45) is 11.0. The lowest BCUT2D eigenvalue weighted by Gasteiger charge is -2.20. The molecule has 18 heavy (non-hydrogen) atoms. The molecule has 0 bridgehead atoms. The molecule has 0 unspecified atom stereocenters. The topological polar surface area (TPSA) is 68.0 Å². The number of rotatable bonds is 6. The first-order valence-electron chi connectivity index (χ1n) is 6.88. The SMILES string of the molecule is O=C(O)CCCCc1cn(C2CCCCC2)nn1. The minimum atomic E-state index is -0.721. The van der Waals surface area contributed by atoms with Gasteiger partial charge in [0.25, 0.3) is 0 Å². The second-order valence-electron chi connectivity index (χ2n) is 5.08. The summed E-state index contributed by atoms with van der Waals surface area (Å²) in [6.45, 7) is 0. The molecule has 5 nitrogen and oxygen atoms in total. The van der Waals surface area contributed by atoms with Crippen molar-refractivity contribution in [1.29, 1.82) is 0 Å². The van der Waals surface area contributed by atoms with Crippen molar-refractivity contribution in [3.63, 3.8) is 0 Å². The number of aliphatic carboxylic acids is 1. The largest absolute Gasteiger partial charge is 0.481 e. The van der Waals surface area contributed by atoms with Crippen LogP contribution in [0.3, 0.4) is 0 Å². The first-order chi connectivity index (χ1) is 8.75. The van der Waals surface area contributed by atoms with E-state index in [0.717, 1.165) is 18.5 Å². The minimum absolute atomic E-state index is 0.247. The van der Waals surface area contributed by atoms with Gasteiger partial charge in [0.2, 0.25) is 0 Å². The van der Waals surface area contributed by atoms with Gasteiger partial charge in [-0.25, -0.2) is 4.68 Å². The summed E-state index contributed by atoms with van der Waals surface area (Å²) in [5.41, 5.74) is 0.992. The van der Waals surface area contributed by atoms with E-state index in [1.807, 2.05) is 10.9 Å². The highest BCUT2D eigenvalue weighted by Gasteiger charge is 2.16. The zero-order valence-electron chi connectivity index (χ0n) is 10.7. The van der Waals surface area contributed by atoms with Crippen molar-refractivity contribution in [3.05, 3.63) is 11.9 Å². The zero-order chi connectivity index (χ0) is 12.8. The first kappa shape index (κ1) is 13.1. The van der Waals surface area contributed by atoms with Crippen LogP contribution in [-0.4, -0.2) is 26.1 Å². The van der Waals surface area contributed by atoms with E-state index in [-0.39, 0.29) is 6.42 Å². The van der Waals surface area contributed by atoms with E-state index in [2.05, 4.69) is 10.3 Å². The molecule has 0 aromatic carbocycles. The highest BCUT2D eigenvalue weighted by atomic mass is 16.4. The van der Waals surface area contributed by atoms with E-state index >= 15 is 0 Å². The van der Waals surface area contributed by atoms with Crippen molar-refractivity contribution in [3.8, 4) is 0 Å². The quantitative estimate of drug-likeness (QED) is 0.789. The fourth-order valence-electron chi connectivity index (χ4n) is 2.53. The van der Waals surface area contributed by atoms with E-state index in [9.17, 15) is 4.79 Å². The summed E-state index contributed by atoms with van der Waals surface area (Å²) in [6, 6.07) is 0.527. The molecule has 0 radical (unpaired) electrons. The molecule has 0 atom stereocenters. The van der Waals surface area contributed by atoms with Gasteiger partial charge in [0.1, 0.15) is 0 Å². The lowest BCUT2D eigenvalue weighted by Crippen LogP contribution is -2.13. The van der Waals surface area contributed by atoms with Gasteiger partial charge in [-0.05, 0) is 32.1 Å². The summed E-state index contributed by atoms with van der Waals surface area (Å²) >= 11 is 0. The lowest BCUT2D eigenvalue weighted by molar-refractivity contribution is -0.137. The van der Waals surface area contributed by atoms with E-state index in [1.165, 1.54) is 32.1 Å². The molecule has 0 amide bonds. The van der Waals surface area contributed by atoms with Gasteiger partial charge in [-0.15, -0.1) is 5.10 Å². The van der Waals surface area contributed by atoms with Crippen molar-refractivity contribution in [2.24, 2.45) is 0 Å². The Kier molecular flexibility index (Phi) is 4.73. The third-order valence-corrected chi connectivity index (χ3v) is 3.58. The second kappa shape index (κ2) is 6.52. The Hall–Kier alpha value is -1.39. The number of carboxylic acid groups (broad SMARTS) is 1. The zero-order valence-corrected chi connectivity index (χ0v) is 10.7. The van der Waals surface area contributed by atoms with E-state index in [0.29, 0.717) is 12.5 Å². The van der Waals surface area contributed by atoms with Gasteiger partial charge >= 0.3 is 5.97 Å². The third-order valence-electron chi connectivity index (χ3n) is 3.58. The predicted molar refractivity (Wildman–Crippen MR) is 67.3 cm³/mol. The third kappa shape index (κ3) is 3.82. The molecule has 0 spiro atoms. The summed E-state index contributed by atoms with van der Waals surface area (Å²) in [7, 11) is 0. The summed E-state index contributed by atoms with van der Waals surface area (Å²) < 4.78 is 2.01. The average Bonchev–Trinajstić information content (AvgIpc) is 2.84. The number of carboxylic acids is 1. The number of hydrogen-bond donors (Lipinski definition) is 1. The Morgan fingerprint density at radius 3 is 2.83 bits per heavy atom. The second-order valence-corrected chi connectivity index (χ2v) is 5.08. The standard InChI is InChI=1S/C13H21N3O2/c17-13(18)9-5-4-6-11-10-16(15-14-11)12-7-2-1-3-8-12/h10,12H,1-9H2,(H,17,18).